The first-order valence-corrected chi connectivity index (χ1v) is 10.8. The minimum Gasteiger partial charge on any atom is -0.457 e. The smallest absolute Gasteiger partial charge is 0.248 e. The number of piperazine rings is 1. The molecule has 0 atom stereocenters. The Labute approximate surface area is 192 Å². The van der Waals surface area contributed by atoms with Crippen LogP contribution in [-0.4, -0.2) is 42.9 Å². The van der Waals surface area contributed by atoms with Gasteiger partial charge in [-0.1, -0.05) is 41.9 Å². The quantitative estimate of drug-likeness (QED) is 0.561. The van der Waals surface area contributed by atoms with Crippen LogP contribution < -0.4 is 10.2 Å². The molecule has 0 aliphatic carbocycles. The van der Waals surface area contributed by atoms with Crippen molar-refractivity contribution in [3.05, 3.63) is 77.5 Å². The highest BCUT2D eigenvalue weighted by Gasteiger charge is 2.20. The summed E-state index contributed by atoms with van der Waals surface area (Å²) in [5.74, 6) is 1.16. The first-order chi connectivity index (χ1) is 15.5. The Kier molecular flexibility index (Phi) is 6.61. The number of carbonyl (C=O) groups is 2. The van der Waals surface area contributed by atoms with E-state index in [4.69, 9.17) is 16.0 Å². The first kappa shape index (κ1) is 21.7. The Balaban J connectivity index is 1.35. The molecular weight excluding hydrogens is 426 g/mol. The third kappa shape index (κ3) is 5.21. The van der Waals surface area contributed by atoms with Crippen molar-refractivity contribution in [1.82, 2.24) is 4.90 Å². The van der Waals surface area contributed by atoms with E-state index in [2.05, 4.69) is 10.2 Å². The second kappa shape index (κ2) is 9.75. The SMILES string of the molecule is CC(=O)N1CCN(c2ccc(NC(=O)/C=C/c3ccc(-c4ccccc4)o3)cc2Cl)CC1. The van der Waals surface area contributed by atoms with Crippen LogP contribution in [0.1, 0.15) is 12.7 Å². The fourth-order valence-corrected chi connectivity index (χ4v) is 3.95. The number of nitrogens with one attached hydrogen (secondary N) is 1. The average molecular weight is 450 g/mol. The number of hydrogen-bond acceptors (Lipinski definition) is 4. The van der Waals surface area contributed by atoms with Gasteiger partial charge >= 0.3 is 0 Å². The highest BCUT2D eigenvalue weighted by atomic mass is 35.5. The van der Waals surface area contributed by atoms with Crippen LogP contribution in [0.5, 0.6) is 0 Å². The zero-order valence-electron chi connectivity index (χ0n) is 17.8. The van der Waals surface area contributed by atoms with Crippen LogP contribution in [0.3, 0.4) is 0 Å². The molecule has 1 aliphatic heterocycles. The zero-order valence-corrected chi connectivity index (χ0v) is 18.5. The summed E-state index contributed by atoms with van der Waals surface area (Å²) in [6.07, 6.45) is 3.06. The molecule has 2 amide bonds. The normalized spacial score (nSPS) is 14.1. The predicted octanol–water partition coefficient (Wildman–Crippen LogP) is 4.92. The molecule has 1 saturated heterocycles. The molecule has 3 aromatic rings. The van der Waals surface area contributed by atoms with E-state index in [1.807, 2.05) is 59.5 Å². The van der Waals surface area contributed by atoms with Crippen LogP contribution in [0.25, 0.3) is 17.4 Å². The highest BCUT2D eigenvalue weighted by Crippen LogP contribution is 2.30. The van der Waals surface area contributed by atoms with E-state index in [-0.39, 0.29) is 11.8 Å². The number of nitrogens with zero attached hydrogens (tertiary/aromatic N) is 2. The van der Waals surface area contributed by atoms with Gasteiger partial charge in [0.1, 0.15) is 11.5 Å². The first-order valence-electron chi connectivity index (χ1n) is 10.4. The molecular formula is C25H24ClN3O3. The third-order valence-corrected chi connectivity index (χ3v) is 5.67. The van der Waals surface area contributed by atoms with Crippen molar-refractivity contribution in [1.29, 1.82) is 0 Å². The lowest BCUT2D eigenvalue weighted by Gasteiger charge is -2.36. The Hall–Kier alpha value is -3.51. The number of rotatable bonds is 5. The van der Waals surface area contributed by atoms with Crippen LogP contribution in [0.4, 0.5) is 11.4 Å². The highest BCUT2D eigenvalue weighted by molar-refractivity contribution is 6.33. The maximum Gasteiger partial charge on any atom is 0.248 e. The van der Waals surface area contributed by atoms with Crippen molar-refractivity contribution in [2.24, 2.45) is 0 Å². The minimum absolute atomic E-state index is 0.0905. The van der Waals surface area contributed by atoms with Gasteiger partial charge in [-0.05, 0) is 36.4 Å². The molecule has 0 radical (unpaired) electrons. The summed E-state index contributed by atoms with van der Waals surface area (Å²) < 4.78 is 5.78. The number of anilines is 2. The van der Waals surface area contributed by atoms with Crippen molar-refractivity contribution in [3.63, 3.8) is 0 Å². The van der Waals surface area contributed by atoms with Crippen LogP contribution in [0.2, 0.25) is 5.02 Å². The molecule has 0 bridgehead atoms. The van der Waals surface area contributed by atoms with E-state index in [0.29, 0.717) is 29.6 Å². The summed E-state index contributed by atoms with van der Waals surface area (Å²) in [6.45, 7) is 4.38. The molecule has 2 aromatic carbocycles. The third-order valence-electron chi connectivity index (χ3n) is 5.36. The number of benzene rings is 2. The minimum atomic E-state index is -0.276. The lowest BCUT2D eigenvalue weighted by Crippen LogP contribution is -2.48. The monoisotopic (exact) mass is 449 g/mol. The van der Waals surface area contributed by atoms with Crippen molar-refractivity contribution in [2.75, 3.05) is 36.4 Å². The number of amides is 2. The van der Waals surface area contributed by atoms with E-state index in [1.165, 1.54) is 6.08 Å². The van der Waals surface area contributed by atoms with Crippen LogP contribution in [0.15, 0.2) is 71.2 Å². The van der Waals surface area contributed by atoms with Gasteiger partial charge in [-0.15, -0.1) is 0 Å². The second-order valence-corrected chi connectivity index (χ2v) is 7.96. The summed E-state index contributed by atoms with van der Waals surface area (Å²) in [5.41, 5.74) is 2.49. The molecule has 7 heteroatoms. The molecule has 4 rings (SSSR count). The summed E-state index contributed by atoms with van der Waals surface area (Å²) in [7, 11) is 0. The van der Waals surface area contributed by atoms with Gasteiger partial charge in [-0.3, -0.25) is 9.59 Å². The van der Waals surface area contributed by atoms with Crippen LogP contribution in [-0.2, 0) is 9.59 Å². The fraction of sp³-hybridized carbons (Fsp3) is 0.200. The number of carbonyl (C=O) groups excluding carboxylic acids is 2. The van der Waals surface area contributed by atoms with Gasteiger partial charge in [0.25, 0.3) is 0 Å². The molecule has 1 fully saturated rings. The molecule has 1 aliphatic rings. The maximum absolute atomic E-state index is 12.3. The second-order valence-electron chi connectivity index (χ2n) is 7.55. The maximum atomic E-state index is 12.3. The largest absolute Gasteiger partial charge is 0.457 e. The molecule has 2 heterocycles. The van der Waals surface area contributed by atoms with Gasteiger partial charge in [0, 0.05) is 50.4 Å². The molecule has 1 N–H and O–H groups in total. The lowest BCUT2D eigenvalue weighted by atomic mass is 10.2. The van der Waals surface area contributed by atoms with Gasteiger partial charge in [0.05, 0.1) is 10.7 Å². The Morgan fingerprint density at radius 1 is 1.00 bits per heavy atom. The molecule has 0 unspecified atom stereocenters. The van der Waals surface area contributed by atoms with E-state index >= 15 is 0 Å². The Bertz CT molecular complexity index is 1130. The van der Waals surface area contributed by atoms with Gasteiger partial charge in [-0.2, -0.15) is 0 Å². The standard InChI is InChI=1S/C25H24ClN3O3/c1-18(30)28-13-15-29(16-14-28)23-10-7-20(17-22(23)26)27-25(31)12-9-21-8-11-24(32-21)19-5-3-2-4-6-19/h2-12,17H,13-16H2,1H3,(H,27,31)/b12-9+. The van der Waals surface area contributed by atoms with Crippen LogP contribution in [0, 0.1) is 0 Å². The molecule has 0 saturated carbocycles. The molecule has 0 spiro atoms. The fourth-order valence-electron chi connectivity index (χ4n) is 3.65. The molecule has 1 aromatic heterocycles. The summed E-state index contributed by atoms with van der Waals surface area (Å²) >= 11 is 6.47. The average Bonchev–Trinajstić information content (AvgIpc) is 3.28. The molecule has 164 valence electrons. The van der Waals surface area contributed by atoms with Crippen LogP contribution >= 0.6 is 11.6 Å². The topological polar surface area (TPSA) is 65.8 Å². The van der Waals surface area contributed by atoms with E-state index in [0.717, 1.165) is 30.1 Å². The van der Waals surface area contributed by atoms with E-state index in [1.54, 1.807) is 19.1 Å². The van der Waals surface area contributed by atoms with Crippen molar-refractivity contribution >= 4 is 40.9 Å². The van der Waals surface area contributed by atoms with Crippen molar-refractivity contribution in [2.45, 2.75) is 6.92 Å². The molecule has 32 heavy (non-hydrogen) atoms. The lowest BCUT2D eigenvalue weighted by molar-refractivity contribution is -0.129. The van der Waals surface area contributed by atoms with E-state index < -0.39 is 0 Å². The predicted molar refractivity (Wildman–Crippen MR) is 128 cm³/mol. The molecule has 6 nitrogen and oxygen atoms in total. The summed E-state index contributed by atoms with van der Waals surface area (Å²) in [5, 5.41) is 3.38. The van der Waals surface area contributed by atoms with Crippen molar-refractivity contribution < 1.29 is 14.0 Å². The van der Waals surface area contributed by atoms with Crippen molar-refractivity contribution in [3.8, 4) is 11.3 Å². The zero-order chi connectivity index (χ0) is 22.5. The number of halogens is 1. The van der Waals surface area contributed by atoms with Gasteiger partial charge in [0.2, 0.25) is 11.8 Å². The Morgan fingerprint density at radius 3 is 2.44 bits per heavy atom. The summed E-state index contributed by atoms with van der Waals surface area (Å²) in [6, 6.07) is 18.9. The Morgan fingerprint density at radius 2 is 1.75 bits per heavy atom. The number of furan rings is 1. The summed E-state index contributed by atoms with van der Waals surface area (Å²) in [4.78, 5) is 27.8. The van der Waals surface area contributed by atoms with Gasteiger partial charge < -0.3 is 19.5 Å². The van der Waals surface area contributed by atoms with Gasteiger partial charge in [-0.25, -0.2) is 0 Å². The van der Waals surface area contributed by atoms with E-state index in [9.17, 15) is 9.59 Å². The van der Waals surface area contributed by atoms with Gasteiger partial charge in [0.15, 0.2) is 0 Å². The number of hydrogen-bond donors (Lipinski definition) is 1.